The number of carbonyl (C=O) groups excluding carboxylic acids is 2. The van der Waals surface area contributed by atoms with Gasteiger partial charge >= 0.3 is 0 Å². The van der Waals surface area contributed by atoms with Crippen LogP contribution in [0.1, 0.15) is 5.56 Å². The Kier molecular flexibility index (Phi) is 7.22. The molecule has 0 atom stereocenters. The summed E-state index contributed by atoms with van der Waals surface area (Å²) in [5.74, 6) is 0.941. The largest absolute Gasteiger partial charge is 0.493 e. The lowest BCUT2D eigenvalue weighted by Crippen LogP contribution is -2.32. The van der Waals surface area contributed by atoms with Crippen molar-refractivity contribution in [2.24, 2.45) is 0 Å². The molecule has 1 heterocycles. The molecule has 3 rings (SSSR count). The molecule has 0 N–H and O–H groups in total. The minimum atomic E-state index is -0.392. The highest BCUT2D eigenvalue weighted by Crippen LogP contribution is 2.34. The van der Waals surface area contributed by atoms with Crippen molar-refractivity contribution in [1.82, 2.24) is 4.90 Å². The Balaban J connectivity index is 1.67. The van der Waals surface area contributed by atoms with E-state index in [1.54, 1.807) is 48.5 Å². The molecule has 154 valence electrons. The van der Waals surface area contributed by atoms with E-state index in [4.69, 9.17) is 31.1 Å². The second-order valence-electron chi connectivity index (χ2n) is 5.97. The van der Waals surface area contributed by atoms with Gasteiger partial charge in [-0.2, -0.15) is 5.26 Å². The first-order valence-corrected chi connectivity index (χ1v) is 10.0. The third-order valence-electron chi connectivity index (χ3n) is 4.06. The van der Waals surface area contributed by atoms with Gasteiger partial charge in [0.1, 0.15) is 18.4 Å². The monoisotopic (exact) mass is 444 g/mol. The molecule has 2 aromatic rings. The number of ether oxygens (including phenoxy) is 3. The lowest BCUT2D eigenvalue weighted by molar-refractivity contribution is -0.123. The normalized spacial score (nSPS) is 14.7. The minimum Gasteiger partial charge on any atom is -0.493 e. The van der Waals surface area contributed by atoms with Crippen LogP contribution in [0, 0.1) is 11.3 Å². The molecule has 2 amide bonds. The molecule has 0 bridgehead atoms. The summed E-state index contributed by atoms with van der Waals surface area (Å²) in [7, 11) is 1.48. The molecule has 1 saturated heterocycles. The van der Waals surface area contributed by atoms with Crippen molar-refractivity contribution < 1.29 is 23.8 Å². The van der Waals surface area contributed by atoms with Crippen molar-refractivity contribution in [3.05, 3.63) is 58.0 Å². The Labute approximate surface area is 182 Å². The topological polar surface area (TPSA) is 88.9 Å². The summed E-state index contributed by atoms with van der Waals surface area (Å²) in [5, 5.41) is 8.73. The predicted octanol–water partition coefficient (Wildman–Crippen LogP) is 4.37. The Morgan fingerprint density at radius 2 is 1.93 bits per heavy atom. The van der Waals surface area contributed by atoms with E-state index >= 15 is 0 Å². The summed E-state index contributed by atoms with van der Waals surface area (Å²) >= 11 is 6.89. The van der Waals surface area contributed by atoms with Crippen molar-refractivity contribution >= 4 is 40.6 Å². The molecule has 0 aliphatic carbocycles. The number of rotatable bonds is 8. The van der Waals surface area contributed by atoms with Crippen LogP contribution in [0.15, 0.2) is 47.4 Å². The van der Waals surface area contributed by atoms with Gasteiger partial charge in [0.05, 0.1) is 23.6 Å². The van der Waals surface area contributed by atoms with Gasteiger partial charge in [-0.05, 0) is 47.7 Å². The van der Waals surface area contributed by atoms with Gasteiger partial charge in [-0.1, -0.05) is 29.8 Å². The zero-order chi connectivity index (χ0) is 21.5. The van der Waals surface area contributed by atoms with E-state index in [0.717, 1.165) is 16.7 Å². The van der Waals surface area contributed by atoms with Gasteiger partial charge in [0, 0.05) is 0 Å². The SMILES string of the molecule is COc1cc(/C=C2\SC(=O)N(CCOc3ccccc3Cl)C2=O)ccc1OCC#N. The lowest BCUT2D eigenvalue weighted by Gasteiger charge is -2.13. The van der Waals surface area contributed by atoms with Crippen molar-refractivity contribution in [3.63, 3.8) is 0 Å². The maximum Gasteiger partial charge on any atom is 0.293 e. The molecule has 0 aromatic heterocycles. The van der Waals surface area contributed by atoms with Crippen LogP contribution in [0.5, 0.6) is 17.2 Å². The third-order valence-corrected chi connectivity index (χ3v) is 5.28. The predicted molar refractivity (Wildman–Crippen MR) is 114 cm³/mol. The molecule has 1 aliphatic rings. The van der Waals surface area contributed by atoms with E-state index in [-0.39, 0.29) is 25.0 Å². The summed E-state index contributed by atoms with van der Waals surface area (Å²) in [6.45, 7) is 0.135. The van der Waals surface area contributed by atoms with Crippen LogP contribution < -0.4 is 14.2 Å². The standard InChI is InChI=1S/C21H17ClN2O5S/c1-27-18-12-14(6-7-17(18)28-10-8-23)13-19-20(25)24(21(26)30-19)9-11-29-16-5-3-2-4-15(16)22/h2-7,12-13H,9-11H2,1H3/b19-13-. The number of hydrogen-bond donors (Lipinski definition) is 0. The van der Waals surface area contributed by atoms with E-state index in [1.165, 1.54) is 7.11 Å². The number of hydrogen-bond acceptors (Lipinski definition) is 7. The van der Waals surface area contributed by atoms with Crippen molar-refractivity contribution in [2.45, 2.75) is 0 Å². The van der Waals surface area contributed by atoms with Crippen LogP contribution in [-0.4, -0.2) is 42.9 Å². The maximum absolute atomic E-state index is 12.6. The number of benzene rings is 2. The number of carbonyl (C=O) groups is 2. The molecule has 9 heteroatoms. The number of nitriles is 1. The summed E-state index contributed by atoms with van der Waals surface area (Å²) in [5.41, 5.74) is 0.661. The van der Waals surface area contributed by atoms with Gasteiger partial charge in [0.15, 0.2) is 18.1 Å². The molecular formula is C21H17ClN2O5S. The fraction of sp³-hybridized carbons (Fsp3) is 0.190. The van der Waals surface area contributed by atoms with Crippen LogP contribution >= 0.6 is 23.4 Å². The molecular weight excluding hydrogens is 428 g/mol. The summed E-state index contributed by atoms with van der Waals surface area (Å²) in [6.07, 6.45) is 1.61. The Bertz CT molecular complexity index is 1030. The molecule has 1 aliphatic heterocycles. The molecule has 30 heavy (non-hydrogen) atoms. The quantitative estimate of drug-likeness (QED) is 0.558. The molecule has 0 saturated carbocycles. The smallest absolute Gasteiger partial charge is 0.293 e. The average Bonchev–Trinajstić information content (AvgIpc) is 3.01. The first-order chi connectivity index (χ1) is 14.5. The summed E-state index contributed by atoms with van der Waals surface area (Å²) in [6, 6.07) is 13.9. The molecule has 0 unspecified atom stereocenters. The number of imide groups is 1. The van der Waals surface area contributed by atoms with Gasteiger partial charge in [-0.3, -0.25) is 14.5 Å². The summed E-state index contributed by atoms with van der Waals surface area (Å²) < 4.78 is 16.1. The van der Waals surface area contributed by atoms with E-state index in [0.29, 0.717) is 32.7 Å². The van der Waals surface area contributed by atoms with E-state index in [9.17, 15) is 9.59 Å². The number of nitrogens with zero attached hydrogens (tertiary/aromatic N) is 2. The van der Waals surface area contributed by atoms with Crippen LogP contribution in [0.2, 0.25) is 5.02 Å². The highest BCUT2D eigenvalue weighted by Gasteiger charge is 2.34. The maximum atomic E-state index is 12.6. The van der Waals surface area contributed by atoms with Gasteiger partial charge in [-0.25, -0.2) is 0 Å². The highest BCUT2D eigenvalue weighted by molar-refractivity contribution is 8.18. The van der Waals surface area contributed by atoms with Gasteiger partial charge in [-0.15, -0.1) is 0 Å². The number of halogens is 1. The van der Waals surface area contributed by atoms with E-state index < -0.39 is 5.91 Å². The highest BCUT2D eigenvalue weighted by atomic mass is 35.5. The van der Waals surface area contributed by atoms with E-state index in [1.807, 2.05) is 6.07 Å². The second-order valence-corrected chi connectivity index (χ2v) is 7.37. The number of thioether (sulfide) groups is 1. The first-order valence-electron chi connectivity index (χ1n) is 8.84. The number of methoxy groups -OCH3 is 1. The molecule has 7 nitrogen and oxygen atoms in total. The van der Waals surface area contributed by atoms with Crippen molar-refractivity contribution in [1.29, 1.82) is 5.26 Å². The van der Waals surface area contributed by atoms with Crippen LogP contribution in [0.25, 0.3) is 6.08 Å². The Morgan fingerprint density at radius 1 is 1.13 bits per heavy atom. The lowest BCUT2D eigenvalue weighted by atomic mass is 10.2. The van der Waals surface area contributed by atoms with Crippen molar-refractivity contribution in [2.75, 3.05) is 26.9 Å². The fourth-order valence-electron chi connectivity index (χ4n) is 2.66. The molecule has 0 spiro atoms. The first kappa shape index (κ1) is 21.6. The average molecular weight is 445 g/mol. The fourth-order valence-corrected chi connectivity index (χ4v) is 3.71. The van der Waals surface area contributed by atoms with Gasteiger partial charge < -0.3 is 14.2 Å². The second kappa shape index (κ2) is 10.1. The van der Waals surface area contributed by atoms with Crippen LogP contribution in [0.3, 0.4) is 0 Å². The van der Waals surface area contributed by atoms with Crippen LogP contribution in [0.4, 0.5) is 4.79 Å². The van der Waals surface area contributed by atoms with Crippen LogP contribution in [-0.2, 0) is 4.79 Å². The Morgan fingerprint density at radius 3 is 2.67 bits per heavy atom. The van der Waals surface area contributed by atoms with Crippen molar-refractivity contribution in [3.8, 4) is 23.3 Å². The Hall–Kier alpha value is -3.15. The number of para-hydroxylation sites is 1. The molecule has 1 fully saturated rings. The zero-order valence-electron chi connectivity index (χ0n) is 16.0. The minimum absolute atomic E-state index is 0.106. The van der Waals surface area contributed by atoms with E-state index in [2.05, 4.69) is 0 Å². The number of amides is 2. The zero-order valence-corrected chi connectivity index (χ0v) is 17.5. The summed E-state index contributed by atoms with van der Waals surface area (Å²) in [4.78, 5) is 26.3. The molecule has 2 aromatic carbocycles. The van der Waals surface area contributed by atoms with Gasteiger partial charge in [0.25, 0.3) is 11.1 Å². The molecule has 0 radical (unpaired) electrons. The third kappa shape index (κ3) is 5.06. The van der Waals surface area contributed by atoms with Gasteiger partial charge in [0.2, 0.25) is 0 Å².